The van der Waals surface area contributed by atoms with Crippen LogP contribution < -0.4 is 0 Å². The minimum absolute atomic E-state index is 0.0300. The molecule has 2 rings (SSSR count). The molecule has 0 radical (unpaired) electrons. The molecule has 1 heterocycles. The van der Waals surface area contributed by atoms with E-state index in [2.05, 4.69) is 25.8 Å². The Bertz CT molecular complexity index is 663. The fraction of sp³-hybridized carbons (Fsp3) is 0.471. The zero-order chi connectivity index (χ0) is 16.9. The molecule has 0 atom stereocenters. The van der Waals surface area contributed by atoms with Crippen molar-refractivity contribution >= 4 is 28.2 Å². The van der Waals surface area contributed by atoms with E-state index in [0.717, 1.165) is 11.8 Å². The van der Waals surface area contributed by atoms with E-state index in [1.807, 2.05) is 38.1 Å². The van der Waals surface area contributed by atoms with Crippen LogP contribution >= 0.6 is 11.6 Å². The highest BCUT2D eigenvalue weighted by molar-refractivity contribution is 6.32. The molecule has 5 heteroatoms. The van der Waals surface area contributed by atoms with Gasteiger partial charge in [0.15, 0.2) is 0 Å². The van der Waals surface area contributed by atoms with E-state index >= 15 is 0 Å². The zero-order valence-corrected chi connectivity index (χ0v) is 14.6. The Morgan fingerprint density at radius 1 is 1.23 bits per heavy atom. The Morgan fingerprint density at radius 2 is 1.82 bits per heavy atom. The van der Waals surface area contributed by atoms with Crippen molar-refractivity contribution in [2.75, 3.05) is 0 Å². The highest BCUT2D eigenvalue weighted by atomic mass is 35.5. The van der Waals surface area contributed by atoms with E-state index in [1.54, 1.807) is 0 Å². The molecule has 0 amide bonds. The number of aryl methyl sites for hydroxylation is 1. The molecule has 0 bridgehead atoms. The molecule has 0 aliphatic carbocycles. The number of nitrogens with zero attached hydrogens (tertiary/aromatic N) is 2. The van der Waals surface area contributed by atoms with Crippen LogP contribution in [0.5, 0.6) is 0 Å². The maximum atomic E-state index is 11.3. The van der Waals surface area contributed by atoms with Crippen LogP contribution in [0.15, 0.2) is 24.3 Å². The van der Waals surface area contributed by atoms with E-state index in [1.165, 1.54) is 0 Å². The Hall–Kier alpha value is -1.68. The van der Waals surface area contributed by atoms with Crippen LogP contribution in [0, 0.1) is 15.5 Å². The van der Waals surface area contributed by atoms with Gasteiger partial charge < -0.3 is 0 Å². The van der Waals surface area contributed by atoms with Crippen molar-refractivity contribution in [1.82, 2.24) is 4.98 Å². The molecule has 120 valence electrons. The third-order valence-electron chi connectivity index (χ3n) is 3.24. The van der Waals surface area contributed by atoms with E-state index in [4.69, 9.17) is 11.6 Å². The van der Waals surface area contributed by atoms with Crippen LogP contribution in [-0.2, 0) is 6.42 Å². The molecule has 0 fully saturated rings. The number of rotatable bonds is 3. The lowest BCUT2D eigenvalue weighted by Crippen LogP contribution is -2.08. The highest BCUT2D eigenvalue weighted by Crippen LogP contribution is 2.35. The average molecular weight is 323 g/mol. The van der Waals surface area contributed by atoms with Gasteiger partial charge in [-0.05, 0) is 24.3 Å². The number of aromatic nitrogens is 1. The fourth-order valence-corrected chi connectivity index (χ4v) is 2.45. The predicted octanol–water partition coefficient (Wildman–Crippen LogP) is 5.80. The second kappa shape index (κ2) is 7.54. The Morgan fingerprint density at radius 3 is 2.36 bits per heavy atom. The lowest BCUT2D eigenvalue weighted by atomic mass is 9.87. The van der Waals surface area contributed by atoms with Crippen LogP contribution in [0.3, 0.4) is 0 Å². The Labute approximate surface area is 136 Å². The van der Waals surface area contributed by atoms with Crippen LogP contribution in [0.2, 0.25) is 5.15 Å². The van der Waals surface area contributed by atoms with Gasteiger partial charge in [0.1, 0.15) is 0 Å². The standard InChI is InChI=1S/C15H17ClN2O2.C2H6/c1-15(2,3)9-8-11-10-6-4-5-7-12(10)17-14(16)13(11)18(19)20;1-2/h4-7H,8-9H2,1-3H3;1-2H3. The number of benzene rings is 1. The summed E-state index contributed by atoms with van der Waals surface area (Å²) in [5.74, 6) is 0. The lowest BCUT2D eigenvalue weighted by molar-refractivity contribution is -0.385. The van der Waals surface area contributed by atoms with Gasteiger partial charge in [0.05, 0.1) is 10.4 Å². The van der Waals surface area contributed by atoms with Crippen molar-refractivity contribution in [2.24, 2.45) is 5.41 Å². The van der Waals surface area contributed by atoms with Crippen LogP contribution in [0.1, 0.15) is 46.6 Å². The summed E-state index contributed by atoms with van der Waals surface area (Å²) in [6.45, 7) is 10.3. The maximum Gasteiger partial charge on any atom is 0.310 e. The second-order valence-electron chi connectivity index (χ2n) is 6.06. The van der Waals surface area contributed by atoms with Crippen molar-refractivity contribution in [3.8, 4) is 0 Å². The summed E-state index contributed by atoms with van der Waals surface area (Å²) >= 11 is 6.00. The quantitative estimate of drug-likeness (QED) is 0.407. The number of fused-ring (bicyclic) bond motifs is 1. The fourth-order valence-electron chi connectivity index (χ4n) is 2.18. The SMILES string of the molecule is CC.CC(C)(C)CCc1c([N+](=O)[O-])c(Cl)nc2ccccc12. The first-order chi connectivity index (χ1) is 10.3. The summed E-state index contributed by atoms with van der Waals surface area (Å²) in [4.78, 5) is 15.0. The number of hydrogen-bond acceptors (Lipinski definition) is 3. The number of para-hydroxylation sites is 1. The predicted molar refractivity (Wildman–Crippen MR) is 92.5 cm³/mol. The minimum Gasteiger partial charge on any atom is -0.258 e. The summed E-state index contributed by atoms with van der Waals surface area (Å²) in [5, 5.41) is 12.1. The van der Waals surface area contributed by atoms with E-state index < -0.39 is 4.92 Å². The molecule has 0 spiro atoms. The smallest absolute Gasteiger partial charge is 0.258 e. The molecule has 1 aromatic heterocycles. The molecular formula is C17H23ClN2O2. The molecule has 0 saturated heterocycles. The van der Waals surface area contributed by atoms with Crippen LogP contribution in [0.25, 0.3) is 10.9 Å². The molecule has 0 aliphatic rings. The van der Waals surface area contributed by atoms with Crippen molar-refractivity contribution in [1.29, 1.82) is 0 Å². The first-order valence-electron chi connectivity index (χ1n) is 7.51. The van der Waals surface area contributed by atoms with Gasteiger partial charge in [0.2, 0.25) is 5.15 Å². The van der Waals surface area contributed by atoms with Gasteiger partial charge >= 0.3 is 5.69 Å². The zero-order valence-electron chi connectivity index (χ0n) is 13.8. The average Bonchev–Trinajstić information content (AvgIpc) is 2.45. The topological polar surface area (TPSA) is 56.0 Å². The molecule has 2 aromatic rings. The molecule has 22 heavy (non-hydrogen) atoms. The highest BCUT2D eigenvalue weighted by Gasteiger charge is 2.24. The summed E-state index contributed by atoms with van der Waals surface area (Å²) < 4.78 is 0. The number of hydrogen-bond donors (Lipinski definition) is 0. The van der Waals surface area contributed by atoms with Gasteiger partial charge in [0, 0.05) is 10.9 Å². The Kier molecular flexibility index (Phi) is 6.30. The first kappa shape index (κ1) is 18.4. The normalized spacial score (nSPS) is 11.0. The van der Waals surface area contributed by atoms with Gasteiger partial charge in [-0.2, -0.15) is 0 Å². The van der Waals surface area contributed by atoms with Crippen LogP contribution in [-0.4, -0.2) is 9.91 Å². The minimum atomic E-state index is -0.431. The summed E-state index contributed by atoms with van der Waals surface area (Å²) in [6.07, 6.45) is 1.46. The van der Waals surface area contributed by atoms with E-state index in [9.17, 15) is 10.1 Å². The molecule has 4 nitrogen and oxygen atoms in total. The molecule has 0 aliphatic heterocycles. The molecule has 1 aromatic carbocycles. The van der Waals surface area contributed by atoms with Crippen molar-refractivity contribution in [3.05, 3.63) is 45.1 Å². The molecule has 0 saturated carbocycles. The van der Waals surface area contributed by atoms with Crippen molar-refractivity contribution < 1.29 is 4.92 Å². The summed E-state index contributed by atoms with van der Waals surface area (Å²) in [6, 6.07) is 7.41. The number of nitro groups is 1. The van der Waals surface area contributed by atoms with E-state index in [-0.39, 0.29) is 16.3 Å². The molecule has 0 N–H and O–H groups in total. The van der Waals surface area contributed by atoms with Gasteiger partial charge in [-0.1, -0.05) is 64.4 Å². The van der Waals surface area contributed by atoms with E-state index in [0.29, 0.717) is 17.5 Å². The molecular weight excluding hydrogens is 300 g/mol. The van der Waals surface area contributed by atoms with Crippen molar-refractivity contribution in [3.63, 3.8) is 0 Å². The van der Waals surface area contributed by atoms with Gasteiger partial charge in [-0.3, -0.25) is 10.1 Å². The van der Waals surface area contributed by atoms with Gasteiger partial charge in [-0.25, -0.2) is 4.98 Å². The lowest BCUT2D eigenvalue weighted by Gasteiger charge is -2.18. The third kappa shape index (κ3) is 4.41. The second-order valence-corrected chi connectivity index (χ2v) is 6.42. The van der Waals surface area contributed by atoms with Gasteiger partial charge in [0.25, 0.3) is 0 Å². The summed E-state index contributed by atoms with van der Waals surface area (Å²) in [7, 11) is 0. The number of halogens is 1. The monoisotopic (exact) mass is 322 g/mol. The first-order valence-corrected chi connectivity index (χ1v) is 7.89. The number of pyridine rings is 1. The summed E-state index contributed by atoms with van der Waals surface area (Å²) in [5.41, 5.74) is 1.42. The van der Waals surface area contributed by atoms with Crippen LogP contribution in [0.4, 0.5) is 5.69 Å². The maximum absolute atomic E-state index is 11.3. The van der Waals surface area contributed by atoms with Crippen molar-refractivity contribution in [2.45, 2.75) is 47.5 Å². The third-order valence-corrected chi connectivity index (χ3v) is 3.50. The Balaban J connectivity index is 0.00000116. The van der Waals surface area contributed by atoms with Gasteiger partial charge in [-0.15, -0.1) is 0 Å². The molecule has 0 unspecified atom stereocenters. The largest absolute Gasteiger partial charge is 0.310 e.